The second-order valence-electron chi connectivity index (χ2n) is 7.68. The molecule has 2 aliphatic heterocycles. The molecule has 4 atom stereocenters. The van der Waals surface area contributed by atoms with E-state index in [-0.39, 0.29) is 18.8 Å². The lowest BCUT2D eigenvalue weighted by molar-refractivity contribution is -0.0727. The van der Waals surface area contributed by atoms with E-state index in [1.54, 1.807) is 0 Å². The van der Waals surface area contributed by atoms with Crippen molar-refractivity contribution in [3.63, 3.8) is 0 Å². The second kappa shape index (κ2) is 8.29. The van der Waals surface area contributed by atoms with Gasteiger partial charge in [0.25, 0.3) is 0 Å². The molecule has 0 unspecified atom stereocenters. The van der Waals surface area contributed by atoms with Crippen molar-refractivity contribution in [3.05, 3.63) is 35.4 Å². The van der Waals surface area contributed by atoms with E-state index in [1.807, 2.05) is 18.2 Å². The standard InChI is InChI=1S/C20H29N3O2/c1-15-8-22(9-16(2)25-15)11-19-12-23(13-20(19)14-24)10-18-5-3-4-17(6-18)7-21/h3-6,15-16,19-20,24H,8-14H2,1-2H3/t15-,16+,19-,20-/m1/s1. The second-order valence-corrected chi connectivity index (χ2v) is 7.68. The average Bonchev–Trinajstić information content (AvgIpc) is 2.95. The molecule has 2 heterocycles. The Morgan fingerprint density at radius 3 is 2.52 bits per heavy atom. The van der Waals surface area contributed by atoms with E-state index in [1.165, 1.54) is 5.56 Å². The summed E-state index contributed by atoms with van der Waals surface area (Å²) in [6.07, 6.45) is 0.560. The minimum Gasteiger partial charge on any atom is -0.396 e. The lowest BCUT2D eigenvalue weighted by Crippen LogP contribution is -2.48. The fraction of sp³-hybridized carbons (Fsp3) is 0.650. The summed E-state index contributed by atoms with van der Waals surface area (Å²) in [7, 11) is 0. The Morgan fingerprint density at radius 2 is 1.84 bits per heavy atom. The van der Waals surface area contributed by atoms with Gasteiger partial charge in [0.1, 0.15) is 0 Å². The van der Waals surface area contributed by atoms with Crippen LogP contribution in [0.2, 0.25) is 0 Å². The van der Waals surface area contributed by atoms with Gasteiger partial charge in [0.2, 0.25) is 0 Å². The molecule has 0 saturated carbocycles. The monoisotopic (exact) mass is 343 g/mol. The number of nitrogens with zero attached hydrogens (tertiary/aromatic N) is 3. The van der Waals surface area contributed by atoms with Crippen molar-refractivity contribution in [2.75, 3.05) is 39.3 Å². The number of likely N-dealkylation sites (tertiary alicyclic amines) is 1. The van der Waals surface area contributed by atoms with Crippen LogP contribution in [0.4, 0.5) is 0 Å². The van der Waals surface area contributed by atoms with Crippen molar-refractivity contribution in [3.8, 4) is 6.07 Å². The molecule has 25 heavy (non-hydrogen) atoms. The molecule has 5 heteroatoms. The summed E-state index contributed by atoms with van der Waals surface area (Å²) in [5.74, 6) is 0.814. The third-order valence-corrected chi connectivity index (χ3v) is 5.34. The van der Waals surface area contributed by atoms with Gasteiger partial charge < -0.3 is 9.84 Å². The first-order valence-corrected chi connectivity index (χ1v) is 9.27. The van der Waals surface area contributed by atoms with Crippen molar-refractivity contribution < 1.29 is 9.84 Å². The number of morpholine rings is 1. The van der Waals surface area contributed by atoms with E-state index in [4.69, 9.17) is 10.00 Å². The van der Waals surface area contributed by atoms with Crippen LogP contribution >= 0.6 is 0 Å². The lowest BCUT2D eigenvalue weighted by atomic mass is 9.96. The largest absolute Gasteiger partial charge is 0.396 e. The maximum Gasteiger partial charge on any atom is 0.0991 e. The average molecular weight is 343 g/mol. The molecule has 136 valence electrons. The van der Waals surface area contributed by atoms with E-state index >= 15 is 0 Å². The smallest absolute Gasteiger partial charge is 0.0991 e. The first-order chi connectivity index (χ1) is 12.1. The Morgan fingerprint density at radius 1 is 1.12 bits per heavy atom. The van der Waals surface area contributed by atoms with Gasteiger partial charge in [-0.2, -0.15) is 5.26 Å². The van der Waals surface area contributed by atoms with E-state index in [0.29, 0.717) is 17.4 Å². The molecule has 5 nitrogen and oxygen atoms in total. The molecule has 1 aromatic carbocycles. The van der Waals surface area contributed by atoms with Gasteiger partial charge in [-0.3, -0.25) is 9.80 Å². The zero-order valence-electron chi connectivity index (χ0n) is 15.3. The van der Waals surface area contributed by atoms with Crippen molar-refractivity contribution in [2.45, 2.75) is 32.6 Å². The predicted octanol–water partition coefficient (Wildman–Crippen LogP) is 1.71. The zero-order chi connectivity index (χ0) is 17.8. The Hall–Kier alpha value is -1.45. The van der Waals surface area contributed by atoms with Crippen molar-refractivity contribution in [1.82, 2.24) is 9.80 Å². The topological polar surface area (TPSA) is 59.7 Å². The van der Waals surface area contributed by atoms with E-state index in [2.05, 4.69) is 35.8 Å². The highest BCUT2D eigenvalue weighted by atomic mass is 16.5. The fourth-order valence-corrected chi connectivity index (χ4v) is 4.34. The minimum absolute atomic E-state index is 0.245. The van der Waals surface area contributed by atoms with Crippen LogP contribution in [-0.2, 0) is 11.3 Å². The normalized spacial score (nSPS) is 31.1. The van der Waals surface area contributed by atoms with Gasteiger partial charge in [-0.1, -0.05) is 12.1 Å². The van der Waals surface area contributed by atoms with Crippen molar-refractivity contribution in [1.29, 1.82) is 5.26 Å². The predicted molar refractivity (Wildman–Crippen MR) is 96.9 cm³/mol. The lowest BCUT2D eigenvalue weighted by Gasteiger charge is -2.37. The van der Waals surface area contributed by atoms with Gasteiger partial charge in [0.15, 0.2) is 0 Å². The van der Waals surface area contributed by atoms with Crippen LogP contribution in [0.3, 0.4) is 0 Å². The number of hydrogen-bond donors (Lipinski definition) is 1. The molecule has 2 aliphatic rings. The number of rotatable bonds is 5. The van der Waals surface area contributed by atoms with Crippen molar-refractivity contribution in [2.24, 2.45) is 11.8 Å². The molecule has 0 radical (unpaired) electrons. The summed E-state index contributed by atoms with van der Waals surface area (Å²) < 4.78 is 5.83. The number of ether oxygens (including phenoxy) is 1. The quantitative estimate of drug-likeness (QED) is 0.882. The number of aliphatic hydroxyl groups excluding tert-OH is 1. The Balaban J connectivity index is 1.59. The van der Waals surface area contributed by atoms with Gasteiger partial charge in [-0.15, -0.1) is 0 Å². The Bertz CT molecular complexity index is 605. The molecule has 0 aromatic heterocycles. The molecule has 0 amide bonds. The molecular formula is C20H29N3O2. The molecule has 0 spiro atoms. The highest BCUT2D eigenvalue weighted by Gasteiger charge is 2.34. The maximum atomic E-state index is 9.82. The summed E-state index contributed by atoms with van der Waals surface area (Å²) in [6.45, 7) is 10.3. The number of benzene rings is 1. The molecular weight excluding hydrogens is 314 g/mol. The van der Waals surface area contributed by atoms with E-state index in [0.717, 1.165) is 39.3 Å². The summed E-state index contributed by atoms with van der Waals surface area (Å²) in [6, 6.07) is 10.0. The number of aliphatic hydroxyl groups is 1. The zero-order valence-corrected chi connectivity index (χ0v) is 15.3. The van der Waals surface area contributed by atoms with Crippen LogP contribution in [0.15, 0.2) is 24.3 Å². The van der Waals surface area contributed by atoms with Gasteiger partial charge in [-0.25, -0.2) is 0 Å². The van der Waals surface area contributed by atoms with Crippen LogP contribution < -0.4 is 0 Å². The van der Waals surface area contributed by atoms with Gasteiger partial charge >= 0.3 is 0 Å². The van der Waals surface area contributed by atoms with E-state index in [9.17, 15) is 5.11 Å². The Kier molecular flexibility index (Phi) is 6.08. The van der Waals surface area contributed by atoms with Gasteiger partial charge in [0.05, 0.1) is 23.8 Å². The van der Waals surface area contributed by atoms with Crippen LogP contribution in [-0.4, -0.2) is 66.4 Å². The van der Waals surface area contributed by atoms with Gasteiger partial charge in [0, 0.05) is 45.9 Å². The van der Waals surface area contributed by atoms with Crippen LogP contribution in [0.1, 0.15) is 25.0 Å². The SMILES string of the molecule is C[C@@H]1CN(C[C@@H]2CN(Cc3cccc(C#N)c3)C[C@@H]2CO)C[C@H](C)O1. The van der Waals surface area contributed by atoms with E-state index < -0.39 is 0 Å². The summed E-state index contributed by atoms with van der Waals surface area (Å²) in [4.78, 5) is 4.90. The molecule has 1 aromatic rings. The molecule has 0 bridgehead atoms. The summed E-state index contributed by atoms with van der Waals surface area (Å²) >= 11 is 0. The molecule has 3 rings (SSSR count). The van der Waals surface area contributed by atoms with Crippen LogP contribution in [0.25, 0.3) is 0 Å². The number of hydrogen-bond acceptors (Lipinski definition) is 5. The molecule has 2 saturated heterocycles. The van der Waals surface area contributed by atoms with Gasteiger partial charge in [-0.05, 0) is 43.4 Å². The molecule has 2 fully saturated rings. The third kappa shape index (κ3) is 4.80. The highest BCUT2D eigenvalue weighted by molar-refractivity contribution is 5.32. The first-order valence-electron chi connectivity index (χ1n) is 9.27. The van der Waals surface area contributed by atoms with Crippen LogP contribution in [0.5, 0.6) is 0 Å². The number of nitriles is 1. The minimum atomic E-state index is 0.245. The Labute approximate surface area is 150 Å². The molecule has 1 N–H and O–H groups in total. The fourth-order valence-electron chi connectivity index (χ4n) is 4.34. The van der Waals surface area contributed by atoms with Crippen molar-refractivity contribution >= 4 is 0 Å². The first kappa shape index (κ1) is 18.3. The highest BCUT2D eigenvalue weighted by Crippen LogP contribution is 2.27. The summed E-state index contributed by atoms with van der Waals surface area (Å²) in [5.41, 5.74) is 1.88. The molecule has 0 aliphatic carbocycles. The van der Waals surface area contributed by atoms with Crippen LogP contribution in [0, 0.1) is 23.2 Å². The third-order valence-electron chi connectivity index (χ3n) is 5.34. The maximum absolute atomic E-state index is 9.82. The summed E-state index contributed by atoms with van der Waals surface area (Å²) in [5, 5.41) is 18.9.